The summed E-state index contributed by atoms with van der Waals surface area (Å²) in [6, 6.07) is 20.0. The van der Waals surface area contributed by atoms with Crippen LogP contribution in [-0.2, 0) is 5.60 Å². The molecule has 1 unspecified atom stereocenters. The van der Waals surface area contributed by atoms with Gasteiger partial charge in [0.15, 0.2) is 5.60 Å². The van der Waals surface area contributed by atoms with Gasteiger partial charge < -0.3 is 5.11 Å². The van der Waals surface area contributed by atoms with Crippen LogP contribution in [0.3, 0.4) is 0 Å². The Balaban J connectivity index is 0.00000225. The van der Waals surface area contributed by atoms with E-state index in [0.29, 0.717) is 12.6 Å². The lowest BCUT2D eigenvalue weighted by molar-refractivity contribution is 0.144. The fourth-order valence-electron chi connectivity index (χ4n) is 3.33. The summed E-state index contributed by atoms with van der Waals surface area (Å²) < 4.78 is 0. The van der Waals surface area contributed by atoms with Crippen molar-refractivity contribution >= 4 is 12.4 Å². The number of piperidine rings is 1. The van der Waals surface area contributed by atoms with Crippen LogP contribution in [0.1, 0.15) is 37.3 Å². The van der Waals surface area contributed by atoms with Crippen molar-refractivity contribution in [3.63, 3.8) is 0 Å². The van der Waals surface area contributed by atoms with Crippen LogP contribution in [0.2, 0.25) is 0 Å². The maximum atomic E-state index is 11.4. The van der Waals surface area contributed by atoms with Gasteiger partial charge in [-0.25, -0.2) is 0 Å². The van der Waals surface area contributed by atoms with Crippen LogP contribution in [0.5, 0.6) is 0 Å². The first-order chi connectivity index (χ1) is 11.7. The van der Waals surface area contributed by atoms with Crippen LogP contribution in [0.25, 0.3) is 0 Å². The molecule has 3 rings (SSSR count). The SMILES string of the molecule is CC1CCCCN1CC#CC(O)(c1ccccc1)c1ccccc1.Cl. The number of benzene rings is 2. The quantitative estimate of drug-likeness (QED) is 0.833. The van der Waals surface area contributed by atoms with Gasteiger partial charge in [-0.15, -0.1) is 12.4 Å². The second-order valence-electron chi connectivity index (χ2n) is 6.56. The number of hydrogen-bond acceptors (Lipinski definition) is 2. The first-order valence-electron chi connectivity index (χ1n) is 8.77. The summed E-state index contributed by atoms with van der Waals surface area (Å²) in [4.78, 5) is 2.41. The lowest BCUT2D eigenvalue weighted by atomic mass is 9.87. The van der Waals surface area contributed by atoms with Gasteiger partial charge in [-0.2, -0.15) is 0 Å². The molecule has 1 aliphatic heterocycles. The van der Waals surface area contributed by atoms with E-state index >= 15 is 0 Å². The summed E-state index contributed by atoms with van der Waals surface area (Å²) in [6.07, 6.45) is 3.79. The Morgan fingerprint density at radius 3 is 2.08 bits per heavy atom. The summed E-state index contributed by atoms with van der Waals surface area (Å²) in [5.41, 5.74) is 0.368. The van der Waals surface area contributed by atoms with E-state index in [1.807, 2.05) is 60.7 Å². The summed E-state index contributed by atoms with van der Waals surface area (Å²) in [7, 11) is 0. The van der Waals surface area contributed by atoms with Gasteiger partial charge in [-0.1, -0.05) is 78.9 Å². The summed E-state index contributed by atoms with van der Waals surface area (Å²) >= 11 is 0. The highest BCUT2D eigenvalue weighted by Crippen LogP contribution is 2.28. The molecule has 0 aromatic heterocycles. The van der Waals surface area contributed by atoms with Gasteiger partial charge in [0.05, 0.1) is 6.54 Å². The zero-order chi connectivity index (χ0) is 16.8. The standard InChI is InChI=1S/C22H25NO.ClH/c1-19-11-8-9-17-23(19)18-10-16-22(24,20-12-4-2-5-13-20)21-14-6-3-7-15-21;/h2-7,12-15,19,24H,8-9,11,17-18H2,1H3;1H. The molecular weight excluding hydrogens is 330 g/mol. The molecule has 2 aromatic rings. The van der Waals surface area contributed by atoms with Gasteiger partial charge in [0, 0.05) is 17.2 Å². The molecule has 0 amide bonds. The first-order valence-corrected chi connectivity index (χ1v) is 8.77. The number of aliphatic hydroxyl groups is 1. The number of hydrogen-bond donors (Lipinski definition) is 1. The monoisotopic (exact) mass is 355 g/mol. The molecule has 25 heavy (non-hydrogen) atoms. The Kier molecular flexibility index (Phi) is 7.08. The van der Waals surface area contributed by atoms with Crippen LogP contribution < -0.4 is 0 Å². The van der Waals surface area contributed by atoms with Crippen molar-refractivity contribution in [2.45, 2.75) is 37.8 Å². The molecule has 0 aliphatic carbocycles. The Morgan fingerprint density at radius 2 is 1.56 bits per heavy atom. The number of nitrogens with zero attached hydrogens (tertiary/aromatic N) is 1. The molecule has 0 radical (unpaired) electrons. The second kappa shape index (κ2) is 9.06. The van der Waals surface area contributed by atoms with Crippen molar-refractivity contribution in [1.29, 1.82) is 0 Å². The van der Waals surface area contributed by atoms with Gasteiger partial charge >= 0.3 is 0 Å². The average molecular weight is 356 g/mol. The molecule has 1 fully saturated rings. The molecule has 0 saturated carbocycles. The van der Waals surface area contributed by atoms with E-state index in [0.717, 1.165) is 17.7 Å². The molecule has 2 nitrogen and oxygen atoms in total. The molecule has 1 N–H and O–H groups in total. The van der Waals surface area contributed by atoms with E-state index < -0.39 is 5.60 Å². The van der Waals surface area contributed by atoms with Crippen LogP contribution >= 0.6 is 12.4 Å². The molecule has 132 valence electrons. The molecule has 1 saturated heterocycles. The summed E-state index contributed by atoms with van der Waals surface area (Å²) in [6.45, 7) is 4.08. The minimum Gasteiger partial charge on any atom is -0.369 e. The molecule has 2 aromatic carbocycles. The van der Waals surface area contributed by atoms with Crippen LogP contribution in [-0.4, -0.2) is 29.1 Å². The Labute approximate surface area is 157 Å². The van der Waals surface area contributed by atoms with Gasteiger partial charge in [-0.3, -0.25) is 4.90 Å². The number of halogens is 1. The van der Waals surface area contributed by atoms with E-state index in [1.54, 1.807) is 0 Å². The molecule has 1 heterocycles. The number of likely N-dealkylation sites (tertiary alicyclic amines) is 1. The lowest BCUT2D eigenvalue weighted by Gasteiger charge is -2.31. The summed E-state index contributed by atoms with van der Waals surface area (Å²) in [5.74, 6) is 6.41. The smallest absolute Gasteiger partial charge is 0.176 e. The number of rotatable bonds is 3. The highest BCUT2D eigenvalue weighted by atomic mass is 35.5. The van der Waals surface area contributed by atoms with E-state index in [9.17, 15) is 5.11 Å². The topological polar surface area (TPSA) is 23.5 Å². The summed E-state index contributed by atoms with van der Waals surface area (Å²) in [5, 5.41) is 11.4. The van der Waals surface area contributed by atoms with Crippen molar-refractivity contribution in [1.82, 2.24) is 4.90 Å². The minimum absolute atomic E-state index is 0. The predicted molar refractivity (Wildman–Crippen MR) is 106 cm³/mol. The highest BCUT2D eigenvalue weighted by Gasteiger charge is 2.29. The maximum absolute atomic E-state index is 11.4. The maximum Gasteiger partial charge on any atom is 0.176 e. The third-order valence-corrected chi connectivity index (χ3v) is 4.88. The zero-order valence-corrected chi connectivity index (χ0v) is 15.5. The molecule has 0 bridgehead atoms. The zero-order valence-electron chi connectivity index (χ0n) is 14.7. The molecule has 1 atom stereocenters. The van der Waals surface area contributed by atoms with Gasteiger partial charge in [0.1, 0.15) is 0 Å². The normalized spacial score (nSPS) is 17.9. The van der Waals surface area contributed by atoms with Gasteiger partial charge in [-0.05, 0) is 26.3 Å². The predicted octanol–water partition coefficient (Wildman–Crippen LogP) is 4.22. The van der Waals surface area contributed by atoms with Crippen molar-refractivity contribution in [2.75, 3.05) is 13.1 Å². The first kappa shape index (κ1) is 19.5. The average Bonchev–Trinajstić information content (AvgIpc) is 2.64. The van der Waals surface area contributed by atoms with E-state index in [-0.39, 0.29) is 12.4 Å². The minimum atomic E-state index is -1.26. The Hall–Kier alpha value is -1.79. The van der Waals surface area contributed by atoms with Crippen molar-refractivity contribution in [2.24, 2.45) is 0 Å². The van der Waals surface area contributed by atoms with Crippen molar-refractivity contribution < 1.29 is 5.11 Å². The van der Waals surface area contributed by atoms with Crippen molar-refractivity contribution in [3.05, 3.63) is 71.8 Å². The molecular formula is C22H26ClNO. The van der Waals surface area contributed by atoms with E-state index in [1.165, 1.54) is 19.3 Å². The van der Waals surface area contributed by atoms with Crippen molar-refractivity contribution in [3.8, 4) is 11.8 Å². The van der Waals surface area contributed by atoms with Gasteiger partial charge in [0.2, 0.25) is 0 Å². The molecule has 0 spiro atoms. The fourth-order valence-corrected chi connectivity index (χ4v) is 3.33. The third-order valence-electron chi connectivity index (χ3n) is 4.88. The Morgan fingerprint density at radius 1 is 1.00 bits per heavy atom. The van der Waals surface area contributed by atoms with E-state index in [4.69, 9.17) is 0 Å². The van der Waals surface area contributed by atoms with Crippen LogP contribution in [0, 0.1) is 11.8 Å². The largest absolute Gasteiger partial charge is 0.369 e. The van der Waals surface area contributed by atoms with E-state index in [2.05, 4.69) is 23.7 Å². The lowest BCUT2D eigenvalue weighted by Crippen LogP contribution is -2.37. The Bertz CT molecular complexity index is 666. The highest BCUT2D eigenvalue weighted by molar-refractivity contribution is 5.85. The van der Waals surface area contributed by atoms with Crippen LogP contribution in [0.15, 0.2) is 60.7 Å². The second-order valence-corrected chi connectivity index (χ2v) is 6.56. The fraction of sp³-hybridized carbons (Fsp3) is 0.364. The molecule has 3 heteroatoms. The van der Waals surface area contributed by atoms with Gasteiger partial charge in [0.25, 0.3) is 0 Å². The molecule has 1 aliphatic rings. The third kappa shape index (κ3) is 4.64. The van der Waals surface area contributed by atoms with Crippen LogP contribution in [0.4, 0.5) is 0 Å².